The summed E-state index contributed by atoms with van der Waals surface area (Å²) in [5, 5.41) is 6.47. The molecule has 0 unspecified atom stereocenters. The van der Waals surface area contributed by atoms with Gasteiger partial charge < -0.3 is 0 Å². The molecule has 0 spiro atoms. The van der Waals surface area contributed by atoms with Crippen LogP contribution in [0.25, 0.3) is 0 Å². The highest BCUT2D eigenvalue weighted by molar-refractivity contribution is 7.12. The number of thiophene rings is 1. The van der Waals surface area contributed by atoms with Crippen LogP contribution in [0.1, 0.15) is 21.9 Å². The number of carbonyl (C=O) groups is 1. The zero-order chi connectivity index (χ0) is 13.8. The Hall–Kier alpha value is -2.16. The van der Waals surface area contributed by atoms with Gasteiger partial charge in [0.25, 0.3) is 5.91 Å². The lowest BCUT2D eigenvalue weighted by Gasteiger charge is -2.03. The highest BCUT2D eigenvalue weighted by Gasteiger charge is 2.17. The Balaban J connectivity index is 2.01. The summed E-state index contributed by atoms with van der Waals surface area (Å²) >= 11 is 0.840. The first kappa shape index (κ1) is 13.3. The van der Waals surface area contributed by atoms with Crippen LogP contribution in [0.2, 0.25) is 0 Å². The molecule has 2 aromatic rings. The van der Waals surface area contributed by atoms with Gasteiger partial charge in [0.15, 0.2) is 5.13 Å². The number of hydrogen-bond acceptors (Lipinski definition) is 4. The smallest absolute Gasteiger partial charge is 0.266 e. The van der Waals surface area contributed by atoms with Crippen molar-refractivity contribution in [2.45, 2.75) is 6.55 Å². The predicted molar refractivity (Wildman–Crippen MR) is 62.8 cm³/mol. The number of nitrogens with one attached hydrogen (secondary N) is 1. The van der Waals surface area contributed by atoms with Crippen molar-refractivity contribution in [2.75, 3.05) is 0 Å². The monoisotopic (exact) mass is 288 g/mol. The maximum Gasteiger partial charge on any atom is 0.333 e. The van der Waals surface area contributed by atoms with Crippen LogP contribution in [-0.4, -0.2) is 21.9 Å². The van der Waals surface area contributed by atoms with Crippen molar-refractivity contribution in [3.05, 3.63) is 40.1 Å². The van der Waals surface area contributed by atoms with Crippen LogP contribution in [0.15, 0.2) is 29.5 Å². The van der Waals surface area contributed by atoms with E-state index < -0.39 is 12.5 Å². The first-order valence-corrected chi connectivity index (χ1v) is 5.80. The van der Waals surface area contributed by atoms with Gasteiger partial charge in [-0.2, -0.15) is 28.1 Å². The molecule has 5 nitrogen and oxygen atoms in total. The van der Waals surface area contributed by atoms with Crippen molar-refractivity contribution >= 4 is 23.5 Å². The summed E-state index contributed by atoms with van der Waals surface area (Å²) in [5.74, 6) is -0.828. The Labute approximate surface area is 109 Å². The number of hydrogen-bond donors (Lipinski definition) is 1. The molecule has 0 aliphatic heterocycles. The molecule has 0 fully saturated rings. The number of halogens is 3. The number of hydrazone groups is 1. The minimum absolute atomic E-state index is 0.273. The standard InChI is InChI=1S/C10H7F3N4OS/c11-8-2-1-6(19-8)5-14-16-9(18)7-3-4-15-17(7)10(12)13/h1-5,10H,(H,16,18)/b14-5-. The summed E-state index contributed by atoms with van der Waals surface area (Å²) in [6.07, 6.45) is 2.30. The van der Waals surface area contributed by atoms with E-state index in [9.17, 15) is 18.0 Å². The summed E-state index contributed by atoms with van der Waals surface area (Å²) in [4.78, 5) is 12.0. The minimum Gasteiger partial charge on any atom is -0.266 e. The fourth-order valence-corrected chi connectivity index (χ4v) is 1.86. The average molecular weight is 288 g/mol. The molecule has 0 saturated heterocycles. The number of carbonyl (C=O) groups excluding carboxylic acids is 1. The number of alkyl halides is 2. The van der Waals surface area contributed by atoms with E-state index in [2.05, 4.69) is 15.6 Å². The zero-order valence-corrected chi connectivity index (χ0v) is 10.1. The third-order valence-electron chi connectivity index (χ3n) is 2.04. The van der Waals surface area contributed by atoms with Gasteiger partial charge in [-0.15, -0.1) is 11.3 Å². The minimum atomic E-state index is -2.91. The van der Waals surface area contributed by atoms with Crippen molar-refractivity contribution < 1.29 is 18.0 Å². The quantitative estimate of drug-likeness (QED) is 0.693. The average Bonchev–Trinajstić information content (AvgIpc) is 2.97. The van der Waals surface area contributed by atoms with E-state index in [1.165, 1.54) is 18.3 Å². The summed E-state index contributed by atoms with van der Waals surface area (Å²) in [6.45, 7) is -2.91. The summed E-state index contributed by atoms with van der Waals surface area (Å²) in [5.41, 5.74) is 1.74. The van der Waals surface area contributed by atoms with Gasteiger partial charge in [0, 0.05) is 6.20 Å². The summed E-state index contributed by atoms with van der Waals surface area (Å²) < 4.78 is 37.8. The lowest BCUT2D eigenvalue weighted by Crippen LogP contribution is -2.22. The third-order valence-corrected chi connectivity index (χ3v) is 2.85. The molecule has 0 aliphatic rings. The van der Waals surface area contributed by atoms with Crippen LogP contribution in [0, 0.1) is 5.13 Å². The molecular weight excluding hydrogens is 281 g/mol. The van der Waals surface area contributed by atoms with Crippen molar-refractivity contribution in [3.8, 4) is 0 Å². The van der Waals surface area contributed by atoms with E-state index in [0.717, 1.165) is 23.6 Å². The van der Waals surface area contributed by atoms with Crippen molar-refractivity contribution in [1.82, 2.24) is 15.2 Å². The Morgan fingerprint density at radius 1 is 1.47 bits per heavy atom. The molecule has 0 aliphatic carbocycles. The van der Waals surface area contributed by atoms with Gasteiger partial charge >= 0.3 is 6.55 Å². The fraction of sp³-hybridized carbons (Fsp3) is 0.100. The first-order valence-electron chi connectivity index (χ1n) is 4.98. The maximum atomic E-state index is 12.7. The second-order valence-electron chi connectivity index (χ2n) is 3.28. The molecule has 2 rings (SSSR count). The molecule has 9 heteroatoms. The van der Waals surface area contributed by atoms with E-state index in [-0.39, 0.29) is 15.5 Å². The lowest BCUT2D eigenvalue weighted by atomic mass is 10.4. The lowest BCUT2D eigenvalue weighted by molar-refractivity contribution is 0.0510. The van der Waals surface area contributed by atoms with Gasteiger partial charge in [0.2, 0.25) is 0 Å². The summed E-state index contributed by atoms with van der Waals surface area (Å²) in [7, 11) is 0. The zero-order valence-electron chi connectivity index (χ0n) is 9.26. The Morgan fingerprint density at radius 2 is 2.26 bits per heavy atom. The van der Waals surface area contributed by atoms with E-state index >= 15 is 0 Å². The molecule has 1 N–H and O–H groups in total. The largest absolute Gasteiger partial charge is 0.333 e. The second kappa shape index (κ2) is 5.65. The van der Waals surface area contributed by atoms with E-state index in [1.807, 2.05) is 0 Å². The molecule has 0 radical (unpaired) electrons. The van der Waals surface area contributed by atoms with Crippen LogP contribution in [0.4, 0.5) is 13.2 Å². The molecule has 0 atom stereocenters. The van der Waals surface area contributed by atoms with Crippen molar-refractivity contribution in [2.24, 2.45) is 5.10 Å². The van der Waals surface area contributed by atoms with Crippen LogP contribution in [0.5, 0.6) is 0 Å². The molecule has 0 aromatic carbocycles. The Bertz CT molecular complexity index is 607. The van der Waals surface area contributed by atoms with Gasteiger partial charge in [0.05, 0.1) is 11.1 Å². The van der Waals surface area contributed by atoms with Crippen molar-refractivity contribution in [1.29, 1.82) is 0 Å². The third kappa shape index (κ3) is 3.19. The van der Waals surface area contributed by atoms with E-state index in [1.54, 1.807) is 0 Å². The molecule has 0 saturated carbocycles. The molecule has 0 bridgehead atoms. The molecular formula is C10H7F3N4OS. The maximum absolute atomic E-state index is 12.7. The van der Waals surface area contributed by atoms with Gasteiger partial charge in [-0.3, -0.25) is 4.79 Å². The van der Waals surface area contributed by atoms with Gasteiger partial charge in [-0.05, 0) is 18.2 Å². The second-order valence-corrected chi connectivity index (χ2v) is 4.35. The fourth-order valence-electron chi connectivity index (χ4n) is 1.26. The molecule has 100 valence electrons. The van der Waals surface area contributed by atoms with Crippen LogP contribution in [-0.2, 0) is 0 Å². The highest BCUT2D eigenvalue weighted by atomic mass is 32.1. The Morgan fingerprint density at radius 3 is 2.89 bits per heavy atom. The highest BCUT2D eigenvalue weighted by Crippen LogP contribution is 2.12. The van der Waals surface area contributed by atoms with Crippen LogP contribution < -0.4 is 5.43 Å². The summed E-state index contributed by atoms with van der Waals surface area (Å²) in [6, 6.07) is 3.86. The van der Waals surface area contributed by atoms with Gasteiger partial charge in [0.1, 0.15) is 5.69 Å². The van der Waals surface area contributed by atoms with Gasteiger partial charge in [-0.1, -0.05) is 0 Å². The number of nitrogens with zero attached hydrogens (tertiary/aromatic N) is 3. The van der Waals surface area contributed by atoms with Crippen LogP contribution in [0.3, 0.4) is 0 Å². The molecule has 2 aromatic heterocycles. The predicted octanol–water partition coefficient (Wildman–Crippen LogP) is 2.24. The normalized spacial score (nSPS) is 11.4. The van der Waals surface area contributed by atoms with E-state index in [4.69, 9.17) is 0 Å². The number of amides is 1. The van der Waals surface area contributed by atoms with Crippen molar-refractivity contribution in [3.63, 3.8) is 0 Å². The number of aromatic nitrogens is 2. The SMILES string of the molecule is O=C(N/N=C\c1ccc(F)s1)c1ccnn1C(F)F. The molecule has 19 heavy (non-hydrogen) atoms. The van der Waals surface area contributed by atoms with Crippen LogP contribution >= 0.6 is 11.3 Å². The van der Waals surface area contributed by atoms with Gasteiger partial charge in [-0.25, -0.2) is 5.43 Å². The Kier molecular flexibility index (Phi) is 3.95. The first-order chi connectivity index (χ1) is 9.08. The van der Waals surface area contributed by atoms with E-state index in [0.29, 0.717) is 4.88 Å². The number of rotatable bonds is 4. The topological polar surface area (TPSA) is 59.3 Å². The molecule has 1 amide bonds. The molecule has 2 heterocycles.